The van der Waals surface area contributed by atoms with Crippen molar-refractivity contribution in [2.24, 2.45) is 0 Å². The van der Waals surface area contributed by atoms with Crippen molar-refractivity contribution in [2.45, 2.75) is 11.3 Å². The topological polar surface area (TPSA) is 75.7 Å². The van der Waals surface area contributed by atoms with E-state index in [1.807, 2.05) is 24.3 Å². The van der Waals surface area contributed by atoms with Gasteiger partial charge in [-0.2, -0.15) is 0 Å². The second-order valence-electron chi connectivity index (χ2n) is 5.75. The summed E-state index contributed by atoms with van der Waals surface area (Å²) in [6.45, 7) is 1.06. The van der Waals surface area contributed by atoms with Crippen molar-refractivity contribution >= 4 is 21.6 Å². The van der Waals surface area contributed by atoms with Gasteiger partial charge in [-0.25, -0.2) is 13.1 Å². The fourth-order valence-corrected chi connectivity index (χ4v) is 3.92. The van der Waals surface area contributed by atoms with E-state index in [9.17, 15) is 13.2 Å². The van der Waals surface area contributed by atoms with Gasteiger partial charge in [0.2, 0.25) is 10.0 Å². The third-order valence-corrected chi connectivity index (χ3v) is 5.58. The summed E-state index contributed by atoms with van der Waals surface area (Å²) in [5.41, 5.74) is 2.37. The molecule has 7 heteroatoms. The molecule has 0 saturated heterocycles. The molecule has 0 spiro atoms. The van der Waals surface area contributed by atoms with Gasteiger partial charge < -0.3 is 9.64 Å². The fraction of sp³-hybridized carbons (Fsp3) is 0.278. The molecule has 2 aromatic rings. The quantitative estimate of drug-likeness (QED) is 0.797. The van der Waals surface area contributed by atoms with E-state index in [0.717, 1.165) is 17.7 Å². The average molecular weight is 360 g/mol. The number of sulfonamides is 1. The van der Waals surface area contributed by atoms with Crippen LogP contribution < -0.4 is 9.62 Å². The number of anilines is 1. The highest BCUT2D eigenvalue weighted by Crippen LogP contribution is 2.29. The highest BCUT2D eigenvalue weighted by atomic mass is 32.2. The summed E-state index contributed by atoms with van der Waals surface area (Å²) in [5.74, 6) is -0.195. The first-order valence-corrected chi connectivity index (χ1v) is 9.50. The molecule has 0 atom stereocenters. The molecule has 1 amide bonds. The summed E-state index contributed by atoms with van der Waals surface area (Å²) in [7, 11) is -2.17. The van der Waals surface area contributed by atoms with Crippen LogP contribution in [0.5, 0.6) is 0 Å². The maximum Gasteiger partial charge on any atom is 0.258 e. The fourth-order valence-electron chi connectivity index (χ4n) is 2.86. The zero-order valence-corrected chi connectivity index (χ0v) is 14.8. The van der Waals surface area contributed by atoms with Crippen LogP contribution in [0.2, 0.25) is 0 Å². The van der Waals surface area contributed by atoms with Crippen LogP contribution >= 0.6 is 0 Å². The molecule has 0 fully saturated rings. The zero-order valence-electron chi connectivity index (χ0n) is 13.9. The van der Waals surface area contributed by atoms with Crippen molar-refractivity contribution in [1.29, 1.82) is 0 Å². The molecule has 1 heterocycles. The van der Waals surface area contributed by atoms with Crippen LogP contribution in [0.4, 0.5) is 5.69 Å². The number of fused-ring (bicyclic) bond motifs is 1. The first-order valence-electron chi connectivity index (χ1n) is 8.01. The van der Waals surface area contributed by atoms with Gasteiger partial charge in [0.25, 0.3) is 5.91 Å². The average Bonchev–Trinajstić information content (AvgIpc) is 3.05. The number of nitrogens with zero attached hydrogens (tertiary/aromatic N) is 1. The Morgan fingerprint density at radius 2 is 2.00 bits per heavy atom. The van der Waals surface area contributed by atoms with Crippen LogP contribution in [-0.4, -0.2) is 41.1 Å². The number of amides is 1. The van der Waals surface area contributed by atoms with Crippen molar-refractivity contribution in [2.75, 3.05) is 31.7 Å². The Morgan fingerprint density at radius 1 is 1.20 bits per heavy atom. The molecule has 6 nitrogen and oxygen atoms in total. The largest absolute Gasteiger partial charge is 0.383 e. The maximum absolute atomic E-state index is 12.8. The van der Waals surface area contributed by atoms with Gasteiger partial charge in [-0.3, -0.25) is 4.79 Å². The molecular weight excluding hydrogens is 340 g/mol. The molecule has 0 radical (unpaired) electrons. The third-order valence-electron chi connectivity index (χ3n) is 4.12. The summed E-state index contributed by atoms with van der Waals surface area (Å²) in [6.07, 6.45) is 0.804. The number of methoxy groups -OCH3 is 1. The molecule has 0 aliphatic carbocycles. The van der Waals surface area contributed by atoms with E-state index in [4.69, 9.17) is 4.74 Å². The number of nitrogens with one attached hydrogen (secondary N) is 1. The lowest BCUT2D eigenvalue weighted by atomic mass is 10.1. The molecule has 2 aromatic carbocycles. The molecule has 0 unspecified atom stereocenters. The minimum absolute atomic E-state index is 0.0712. The summed E-state index contributed by atoms with van der Waals surface area (Å²) in [6, 6.07) is 13.9. The molecule has 0 bridgehead atoms. The Bertz CT molecular complexity index is 880. The lowest BCUT2D eigenvalue weighted by molar-refractivity contribution is 0.0989. The second kappa shape index (κ2) is 7.35. The number of benzene rings is 2. The minimum atomic E-state index is -3.67. The summed E-state index contributed by atoms with van der Waals surface area (Å²) in [4.78, 5) is 14.6. The summed E-state index contributed by atoms with van der Waals surface area (Å²) >= 11 is 0. The summed E-state index contributed by atoms with van der Waals surface area (Å²) in [5, 5.41) is 0. The Labute approximate surface area is 147 Å². The minimum Gasteiger partial charge on any atom is -0.383 e. The molecule has 1 aliphatic rings. The lowest BCUT2D eigenvalue weighted by Crippen LogP contribution is -2.30. The summed E-state index contributed by atoms with van der Waals surface area (Å²) < 4.78 is 31.9. The van der Waals surface area contributed by atoms with Crippen LogP contribution in [0.1, 0.15) is 15.9 Å². The highest BCUT2D eigenvalue weighted by Gasteiger charge is 2.26. The number of hydrogen-bond donors (Lipinski definition) is 1. The molecule has 1 aliphatic heterocycles. The molecule has 132 valence electrons. The monoisotopic (exact) mass is 360 g/mol. The Hall–Kier alpha value is -2.22. The van der Waals surface area contributed by atoms with Gasteiger partial charge >= 0.3 is 0 Å². The van der Waals surface area contributed by atoms with Gasteiger partial charge in [-0.1, -0.05) is 24.3 Å². The smallest absolute Gasteiger partial charge is 0.258 e. The zero-order chi connectivity index (χ0) is 17.9. The number of carbonyl (C=O) groups excluding carboxylic acids is 1. The number of para-hydroxylation sites is 1. The normalized spacial score (nSPS) is 13.7. The standard InChI is InChI=1S/C18H20N2O4S/c1-24-12-10-19-25(22,23)16-7-4-6-15(13-16)18(21)20-11-9-14-5-2-3-8-17(14)20/h2-8,13,19H,9-12H2,1H3. The molecule has 25 heavy (non-hydrogen) atoms. The number of hydrogen-bond acceptors (Lipinski definition) is 4. The van der Waals surface area contributed by atoms with Gasteiger partial charge in [-0.15, -0.1) is 0 Å². The number of carbonyl (C=O) groups is 1. The Balaban J connectivity index is 1.84. The van der Waals surface area contributed by atoms with Gasteiger partial charge in [-0.05, 0) is 36.2 Å². The van der Waals surface area contributed by atoms with Gasteiger partial charge in [0, 0.05) is 31.5 Å². The number of ether oxygens (including phenoxy) is 1. The van der Waals surface area contributed by atoms with Crippen molar-refractivity contribution in [1.82, 2.24) is 4.72 Å². The van der Waals surface area contributed by atoms with Gasteiger partial charge in [0.1, 0.15) is 0 Å². The number of rotatable bonds is 6. The van der Waals surface area contributed by atoms with E-state index in [-0.39, 0.29) is 24.0 Å². The van der Waals surface area contributed by atoms with Crippen LogP contribution in [0.15, 0.2) is 53.4 Å². The van der Waals surface area contributed by atoms with Crippen molar-refractivity contribution in [3.63, 3.8) is 0 Å². The van der Waals surface area contributed by atoms with E-state index in [2.05, 4.69) is 4.72 Å². The van der Waals surface area contributed by atoms with Crippen molar-refractivity contribution in [3.8, 4) is 0 Å². The maximum atomic E-state index is 12.8. The van der Waals surface area contributed by atoms with E-state index in [1.54, 1.807) is 17.0 Å². The Kier molecular flexibility index (Phi) is 5.17. The van der Waals surface area contributed by atoms with Crippen LogP contribution in [0, 0.1) is 0 Å². The second-order valence-corrected chi connectivity index (χ2v) is 7.52. The molecule has 1 N–H and O–H groups in total. The van der Waals surface area contributed by atoms with E-state index in [0.29, 0.717) is 12.1 Å². The molecule has 0 aromatic heterocycles. The van der Waals surface area contributed by atoms with Crippen LogP contribution in [0.25, 0.3) is 0 Å². The van der Waals surface area contributed by atoms with Crippen LogP contribution in [-0.2, 0) is 21.2 Å². The van der Waals surface area contributed by atoms with E-state index in [1.165, 1.54) is 19.2 Å². The van der Waals surface area contributed by atoms with E-state index >= 15 is 0 Å². The van der Waals surface area contributed by atoms with Crippen molar-refractivity contribution in [3.05, 3.63) is 59.7 Å². The lowest BCUT2D eigenvalue weighted by Gasteiger charge is -2.17. The van der Waals surface area contributed by atoms with Gasteiger partial charge in [0.05, 0.1) is 11.5 Å². The molecular formula is C18H20N2O4S. The first-order chi connectivity index (χ1) is 12.0. The van der Waals surface area contributed by atoms with Crippen molar-refractivity contribution < 1.29 is 17.9 Å². The van der Waals surface area contributed by atoms with Gasteiger partial charge in [0.15, 0.2) is 0 Å². The molecule has 0 saturated carbocycles. The molecule has 3 rings (SSSR count). The predicted octanol–water partition coefficient (Wildman–Crippen LogP) is 1.81. The highest BCUT2D eigenvalue weighted by molar-refractivity contribution is 7.89. The van der Waals surface area contributed by atoms with Crippen LogP contribution in [0.3, 0.4) is 0 Å². The first kappa shape index (κ1) is 17.6. The third kappa shape index (κ3) is 3.73. The SMILES string of the molecule is COCCNS(=O)(=O)c1cccc(C(=O)N2CCc3ccccc32)c1. The van der Waals surface area contributed by atoms with E-state index < -0.39 is 10.0 Å². The Morgan fingerprint density at radius 3 is 2.80 bits per heavy atom. The predicted molar refractivity (Wildman–Crippen MR) is 95.3 cm³/mol.